The quantitative estimate of drug-likeness (QED) is 0.155. The van der Waals surface area contributed by atoms with Gasteiger partial charge >= 0.3 is 5.97 Å². The zero-order chi connectivity index (χ0) is 38.7. The van der Waals surface area contributed by atoms with Crippen LogP contribution in [0.4, 0.5) is 0 Å². The third-order valence-electron chi connectivity index (χ3n) is 16.9. The smallest absolute Gasteiger partial charge is 0.310 e. The Morgan fingerprint density at radius 1 is 0.811 bits per heavy atom. The number of fused-ring (bicyclic) bond motifs is 7. The third-order valence-corrected chi connectivity index (χ3v) is 16.9. The summed E-state index contributed by atoms with van der Waals surface area (Å²) in [5.74, 6) is 0.186. The highest BCUT2D eigenvalue weighted by Crippen LogP contribution is 2.76. The number of hydrogen-bond donors (Lipinski definition) is 7. The van der Waals surface area contributed by atoms with Gasteiger partial charge in [-0.05, 0) is 109 Å². The maximum Gasteiger partial charge on any atom is 0.310 e. The molecule has 2 heterocycles. The molecule has 0 bridgehead atoms. The van der Waals surface area contributed by atoms with Crippen LogP contribution < -0.4 is 0 Å². The van der Waals surface area contributed by atoms with Gasteiger partial charge in [0.1, 0.15) is 42.7 Å². The highest BCUT2D eigenvalue weighted by atomic mass is 16.7. The normalized spacial score (nSPS) is 53.3. The van der Waals surface area contributed by atoms with Crippen LogP contribution in [-0.2, 0) is 23.7 Å². The van der Waals surface area contributed by atoms with Gasteiger partial charge in [-0.3, -0.25) is 4.79 Å². The van der Waals surface area contributed by atoms with Crippen molar-refractivity contribution in [1.82, 2.24) is 0 Å². The summed E-state index contributed by atoms with van der Waals surface area (Å²) < 4.78 is 23.8. The molecule has 2 aliphatic heterocycles. The van der Waals surface area contributed by atoms with Gasteiger partial charge in [-0.25, -0.2) is 0 Å². The molecule has 17 unspecified atom stereocenters. The summed E-state index contributed by atoms with van der Waals surface area (Å²) in [4.78, 5) is 13.0. The Morgan fingerprint density at radius 2 is 1.51 bits per heavy atom. The summed E-state index contributed by atoms with van der Waals surface area (Å²) in [5.41, 5.74) is 0.523. The van der Waals surface area contributed by atoms with E-state index in [1.165, 1.54) is 5.57 Å². The van der Waals surface area contributed by atoms with Crippen LogP contribution >= 0.6 is 0 Å². The van der Waals surface area contributed by atoms with E-state index in [9.17, 15) is 40.5 Å². The number of aliphatic hydroxyl groups excluding tert-OH is 6. The Hall–Kier alpha value is -1.19. The van der Waals surface area contributed by atoms with Crippen LogP contribution in [-0.4, -0.2) is 116 Å². The summed E-state index contributed by atoms with van der Waals surface area (Å²) >= 11 is 0. The number of hydrogen-bond acceptors (Lipinski definition) is 11. The first kappa shape index (κ1) is 40.0. The van der Waals surface area contributed by atoms with E-state index >= 15 is 0 Å². The SMILES string of the molecule is CC1(C)CCC2(C(=O)O)CCC3(C)C(=CCC4C5(C)CCC(OC6OCC(O)C(OC7OC(CO)C(O)C(O)C7O)C6O)C(C)(C)C5CCC43C)C2C1. The lowest BCUT2D eigenvalue weighted by Gasteiger charge is -2.71. The van der Waals surface area contributed by atoms with Gasteiger partial charge in [-0.1, -0.05) is 60.1 Å². The van der Waals surface area contributed by atoms with Crippen molar-refractivity contribution >= 4 is 5.97 Å². The van der Waals surface area contributed by atoms with E-state index in [1.807, 2.05) is 0 Å². The van der Waals surface area contributed by atoms with Crippen LogP contribution in [0.1, 0.15) is 113 Å². The number of carbonyl (C=O) groups is 1. The van der Waals surface area contributed by atoms with E-state index in [2.05, 4.69) is 54.5 Å². The zero-order valence-corrected chi connectivity index (χ0v) is 32.7. The molecule has 0 radical (unpaired) electrons. The second kappa shape index (κ2) is 13.5. The van der Waals surface area contributed by atoms with E-state index in [0.717, 1.165) is 64.2 Å². The molecule has 302 valence electrons. The molecule has 0 spiro atoms. The first-order valence-corrected chi connectivity index (χ1v) is 20.2. The lowest BCUT2D eigenvalue weighted by molar-refractivity contribution is -0.357. The molecule has 6 fully saturated rings. The predicted octanol–water partition coefficient (Wildman–Crippen LogP) is 3.52. The Balaban J connectivity index is 1.09. The maximum atomic E-state index is 13.0. The van der Waals surface area contributed by atoms with Crippen molar-refractivity contribution in [2.45, 2.75) is 174 Å². The fourth-order valence-corrected chi connectivity index (χ4v) is 13.4. The van der Waals surface area contributed by atoms with E-state index in [-0.39, 0.29) is 45.7 Å². The zero-order valence-electron chi connectivity index (χ0n) is 32.7. The molecule has 4 saturated carbocycles. The van der Waals surface area contributed by atoms with Crippen molar-refractivity contribution in [1.29, 1.82) is 0 Å². The van der Waals surface area contributed by atoms with E-state index in [4.69, 9.17) is 18.9 Å². The van der Waals surface area contributed by atoms with Crippen molar-refractivity contribution in [3.63, 3.8) is 0 Å². The minimum atomic E-state index is -1.68. The molecule has 0 aromatic carbocycles. The Bertz CT molecular complexity index is 1430. The molecule has 12 nitrogen and oxygen atoms in total. The van der Waals surface area contributed by atoms with Gasteiger partial charge in [0.2, 0.25) is 0 Å². The second-order valence-corrected chi connectivity index (χ2v) is 20.2. The van der Waals surface area contributed by atoms with Crippen molar-refractivity contribution in [3.8, 4) is 0 Å². The van der Waals surface area contributed by atoms with Crippen LogP contribution in [0.3, 0.4) is 0 Å². The summed E-state index contributed by atoms with van der Waals surface area (Å²) in [7, 11) is 0. The van der Waals surface area contributed by atoms with Crippen LogP contribution in [0.2, 0.25) is 0 Å². The van der Waals surface area contributed by atoms with Crippen LogP contribution in [0.5, 0.6) is 0 Å². The van der Waals surface area contributed by atoms with Gasteiger partial charge in [0.25, 0.3) is 0 Å². The van der Waals surface area contributed by atoms with Gasteiger partial charge in [0, 0.05) is 0 Å². The fourth-order valence-electron chi connectivity index (χ4n) is 13.4. The molecule has 2 saturated heterocycles. The molecule has 12 heteroatoms. The molecule has 7 aliphatic rings. The molecule has 7 rings (SSSR count). The monoisotopic (exact) mass is 750 g/mol. The average Bonchev–Trinajstić information content (AvgIpc) is 3.08. The third kappa shape index (κ3) is 5.94. The summed E-state index contributed by atoms with van der Waals surface area (Å²) in [6.45, 7) is 15.7. The van der Waals surface area contributed by atoms with Crippen molar-refractivity contribution in [2.75, 3.05) is 13.2 Å². The molecule has 0 amide bonds. The largest absolute Gasteiger partial charge is 0.481 e. The van der Waals surface area contributed by atoms with Gasteiger partial charge in [-0.15, -0.1) is 0 Å². The minimum Gasteiger partial charge on any atom is -0.481 e. The highest BCUT2D eigenvalue weighted by Gasteiger charge is 2.69. The summed E-state index contributed by atoms with van der Waals surface area (Å²) in [6, 6.07) is 0. The topological polar surface area (TPSA) is 196 Å². The molecule has 0 aromatic heterocycles. The van der Waals surface area contributed by atoms with Crippen LogP contribution in [0.25, 0.3) is 0 Å². The van der Waals surface area contributed by atoms with E-state index < -0.39 is 73.3 Å². The molecule has 17 atom stereocenters. The van der Waals surface area contributed by atoms with Crippen LogP contribution in [0.15, 0.2) is 11.6 Å². The number of allylic oxidation sites excluding steroid dienone is 2. The molecule has 7 N–H and O–H groups in total. The van der Waals surface area contributed by atoms with Crippen molar-refractivity contribution in [3.05, 3.63) is 11.6 Å². The fraction of sp³-hybridized carbons (Fsp3) is 0.927. The molecule has 5 aliphatic carbocycles. The van der Waals surface area contributed by atoms with Crippen molar-refractivity contribution < 1.29 is 59.5 Å². The second-order valence-electron chi connectivity index (χ2n) is 20.2. The number of rotatable bonds is 6. The average molecular weight is 751 g/mol. The number of aliphatic carboxylic acids is 1. The number of ether oxygens (including phenoxy) is 4. The summed E-state index contributed by atoms with van der Waals surface area (Å²) in [5, 5.41) is 73.5. The highest BCUT2D eigenvalue weighted by molar-refractivity contribution is 5.76. The van der Waals surface area contributed by atoms with Crippen molar-refractivity contribution in [2.24, 2.45) is 50.2 Å². The molecule has 0 aromatic rings. The number of carboxylic acids is 1. The van der Waals surface area contributed by atoms with Gasteiger partial charge in [-0.2, -0.15) is 0 Å². The minimum absolute atomic E-state index is 0.00551. The van der Waals surface area contributed by atoms with E-state index in [1.54, 1.807) is 0 Å². The Morgan fingerprint density at radius 3 is 2.19 bits per heavy atom. The van der Waals surface area contributed by atoms with Gasteiger partial charge in [0.15, 0.2) is 12.6 Å². The number of carboxylic acid groups (broad SMARTS) is 1. The Labute approximate surface area is 314 Å². The van der Waals surface area contributed by atoms with Gasteiger partial charge < -0.3 is 54.7 Å². The van der Waals surface area contributed by atoms with E-state index in [0.29, 0.717) is 11.8 Å². The Kier molecular flexibility index (Phi) is 10.2. The first-order chi connectivity index (χ1) is 24.7. The molecular formula is C41H66O12. The molecular weight excluding hydrogens is 684 g/mol. The summed E-state index contributed by atoms with van der Waals surface area (Å²) in [6.07, 6.45) is -1.65. The maximum absolute atomic E-state index is 13.0. The lowest BCUT2D eigenvalue weighted by Crippen LogP contribution is -2.66. The first-order valence-electron chi connectivity index (χ1n) is 20.2. The predicted molar refractivity (Wildman–Crippen MR) is 192 cm³/mol. The van der Waals surface area contributed by atoms with Crippen LogP contribution in [0, 0.1) is 50.2 Å². The standard InChI is InChI=1S/C41H66O12/c1-36(2)14-16-41(35(48)49)17-15-39(6)21(22(41)18-36)8-9-26-38(5)12-11-27(37(3,4)25(38)10-13-40(26,39)7)52-33-31(47)32(23(43)20-50-33)53-34-30(46)29(45)28(44)24(19-42)51-34/h8,22-34,42-47H,9-20H2,1-7H3,(H,48,49). The number of aliphatic hydroxyl groups is 6. The lowest BCUT2D eigenvalue weighted by atomic mass is 9.33. The molecule has 53 heavy (non-hydrogen) atoms. The van der Waals surface area contributed by atoms with Gasteiger partial charge in [0.05, 0.1) is 24.7 Å².